The van der Waals surface area contributed by atoms with E-state index < -0.39 is 17.7 Å². The first-order valence-corrected chi connectivity index (χ1v) is 11.4. The summed E-state index contributed by atoms with van der Waals surface area (Å²) in [5.74, 6) is 0.486. The number of benzene rings is 1. The fraction of sp³-hybridized carbons (Fsp3) is 0.440. The van der Waals surface area contributed by atoms with Gasteiger partial charge in [-0.3, -0.25) is 0 Å². The molecule has 7 nitrogen and oxygen atoms in total. The highest BCUT2D eigenvalue weighted by Crippen LogP contribution is 2.32. The van der Waals surface area contributed by atoms with Crippen molar-refractivity contribution < 1.29 is 8.78 Å². The SMILES string of the molecule is Cc1nnc(N[C@H](C)c2cc(F)cc(C#N)c2F)c2cc(N3CCC(C)C(N(C)C)C3)ncc12. The van der Waals surface area contributed by atoms with E-state index in [1.807, 2.05) is 13.0 Å². The zero-order valence-electron chi connectivity index (χ0n) is 20.1. The zero-order valence-corrected chi connectivity index (χ0v) is 20.1. The van der Waals surface area contributed by atoms with E-state index in [0.29, 0.717) is 17.8 Å². The second-order valence-corrected chi connectivity index (χ2v) is 9.30. The van der Waals surface area contributed by atoms with Gasteiger partial charge in [-0.15, -0.1) is 5.10 Å². The summed E-state index contributed by atoms with van der Waals surface area (Å²) < 4.78 is 28.7. The largest absolute Gasteiger partial charge is 0.361 e. The number of pyridine rings is 1. The number of anilines is 2. The number of nitriles is 1. The van der Waals surface area contributed by atoms with Gasteiger partial charge in [0, 0.05) is 41.7 Å². The van der Waals surface area contributed by atoms with E-state index >= 15 is 0 Å². The van der Waals surface area contributed by atoms with Gasteiger partial charge in [0.1, 0.15) is 23.5 Å². The van der Waals surface area contributed by atoms with Crippen molar-refractivity contribution >= 4 is 22.4 Å². The van der Waals surface area contributed by atoms with Crippen LogP contribution in [0.15, 0.2) is 24.4 Å². The van der Waals surface area contributed by atoms with Crippen molar-refractivity contribution in [2.45, 2.75) is 39.3 Å². The van der Waals surface area contributed by atoms with Crippen molar-refractivity contribution in [1.82, 2.24) is 20.1 Å². The predicted molar refractivity (Wildman–Crippen MR) is 129 cm³/mol. The Labute approximate surface area is 198 Å². The predicted octanol–water partition coefficient (Wildman–Crippen LogP) is 4.43. The minimum atomic E-state index is -0.743. The molecule has 0 bridgehead atoms. The Kier molecular flexibility index (Phi) is 6.62. The summed E-state index contributed by atoms with van der Waals surface area (Å²) in [4.78, 5) is 9.23. The minimum Gasteiger partial charge on any atom is -0.361 e. The number of rotatable bonds is 5. The van der Waals surface area contributed by atoms with Crippen molar-refractivity contribution in [3.8, 4) is 6.07 Å². The summed E-state index contributed by atoms with van der Waals surface area (Å²) in [6, 6.07) is 5.46. The number of hydrogen-bond donors (Lipinski definition) is 1. The van der Waals surface area contributed by atoms with Crippen LogP contribution in [-0.4, -0.2) is 53.3 Å². The van der Waals surface area contributed by atoms with Crippen LogP contribution in [-0.2, 0) is 0 Å². The van der Waals surface area contributed by atoms with Gasteiger partial charge in [0.15, 0.2) is 5.82 Å². The van der Waals surface area contributed by atoms with E-state index in [0.717, 1.165) is 53.9 Å². The number of piperidine rings is 1. The molecule has 34 heavy (non-hydrogen) atoms. The average Bonchev–Trinajstić information content (AvgIpc) is 2.82. The normalized spacial score (nSPS) is 19.3. The lowest BCUT2D eigenvalue weighted by atomic mass is 9.92. The van der Waals surface area contributed by atoms with Gasteiger partial charge in [0.2, 0.25) is 0 Å². The fourth-order valence-electron chi connectivity index (χ4n) is 4.66. The molecule has 1 aliphatic rings. The molecule has 1 aliphatic heterocycles. The van der Waals surface area contributed by atoms with Gasteiger partial charge in [-0.25, -0.2) is 13.8 Å². The number of aromatic nitrogens is 3. The molecule has 3 atom stereocenters. The first-order valence-electron chi connectivity index (χ1n) is 11.4. The van der Waals surface area contributed by atoms with E-state index in [1.165, 1.54) is 0 Å². The van der Waals surface area contributed by atoms with E-state index in [9.17, 15) is 8.78 Å². The summed E-state index contributed by atoms with van der Waals surface area (Å²) in [7, 11) is 4.20. The lowest BCUT2D eigenvalue weighted by Crippen LogP contribution is -2.49. The Morgan fingerprint density at radius 2 is 1.97 bits per heavy atom. The van der Waals surface area contributed by atoms with Gasteiger partial charge in [0.05, 0.1) is 17.3 Å². The topological polar surface area (TPSA) is 81.0 Å². The average molecular weight is 466 g/mol. The molecule has 1 fully saturated rings. The molecule has 2 aromatic heterocycles. The Hall–Kier alpha value is -3.38. The molecule has 3 heterocycles. The van der Waals surface area contributed by atoms with Gasteiger partial charge in [0.25, 0.3) is 0 Å². The molecule has 0 aliphatic carbocycles. The number of aryl methyl sites for hydroxylation is 1. The Bertz CT molecular complexity index is 1250. The first-order chi connectivity index (χ1) is 16.2. The maximum absolute atomic E-state index is 14.7. The molecule has 178 valence electrons. The Balaban J connectivity index is 1.70. The molecule has 1 aromatic carbocycles. The fourth-order valence-corrected chi connectivity index (χ4v) is 4.66. The zero-order chi connectivity index (χ0) is 24.6. The van der Waals surface area contributed by atoms with Crippen LogP contribution in [0.2, 0.25) is 0 Å². The lowest BCUT2D eigenvalue weighted by Gasteiger charge is -2.41. The minimum absolute atomic E-state index is 0.0557. The van der Waals surface area contributed by atoms with Crippen molar-refractivity contribution in [2.75, 3.05) is 37.4 Å². The number of nitrogens with zero attached hydrogens (tertiary/aromatic N) is 6. The van der Waals surface area contributed by atoms with Gasteiger partial charge in [-0.05, 0) is 58.5 Å². The van der Waals surface area contributed by atoms with Crippen LogP contribution in [0.25, 0.3) is 10.8 Å². The second-order valence-electron chi connectivity index (χ2n) is 9.30. The van der Waals surface area contributed by atoms with Crippen LogP contribution in [0.5, 0.6) is 0 Å². The van der Waals surface area contributed by atoms with Crippen LogP contribution >= 0.6 is 0 Å². The van der Waals surface area contributed by atoms with Gasteiger partial charge in [-0.2, -0.15) is 10.4 Å². The lowest BCUT2D eigenvalue weighted by molar-refractivity contribution is 0.195. The maximum Gasteiger partial charge on any atom is 0.157 e. The first kappa shape index (κ1) is 23.8. The quantitative estimate of drug-likeness (QED) is 0.597. The van der Waals surface area contributed by atoms with Crippen molar-refractivity contribution in [1.29, 1.82) is 5.26 Å². The molecule has 2 unspecified atom stereocenters. The molecule has 0 radical (unpaired) electrons. The van der Waals surface area contributed by atoms with Crippen molar-refractivity contribution in [3.05, 3.63) is 52.9 Å². The standard InChI is InChI=1S/C25H29F2N7/c1-14-6-7-34(13-22(14)33(4)5)23-10-20-21(12-29-23)16(3)31-32-25(20)30-15(2)19-9-18(26)8-17(11-28)24(19)27/h8-10,12,14-15,22H,6-7,13H2,1-5H3,(H,30,32)/t14?,15-,22?/m1/s1. The van der Waals surface area contributed by atoms with E-state index in [2.05, 4.69) is 46.3 Å². The highest BCUT2D eigenvalue weighted by atomic mass is 19.1. The monoisotopic (exact) mass is 465 g/mol. The molecule has 0 spiro atoms. The van der Waals surface area contributed by atoms with Crippen LogP contribution in [0.1, 0.15) is 43.1 Å². The van der Waals surface area contributed by atoms with E-state index in [1.54, 1.807) is 19.2 Å². The molecule has 0 amide bonds. The highest BCUT2D eigenvalue weighted by molar-refractivity contribution is 5.94. The third kappa shape index (κ3) is 4.50. The van der Waals surface area contributed by atoms with Crippen molar-refractivity contribution in [3.63, 3.8) is 0 Å². The number of halogens is 2. The maximum atomic E-state index is 14.7. The number of fused-ring (bicyclic) bond motifs is 1. The van der Waals surface area contributed by atoms with Crippen LogP contribution in [0.4, 0.5) is 20.4 Å². The third-order valence-electron chi connectivity index (χ3n) is 6.75. The van der Waals surface area contributed by atoms with Gasteiger partial charge < -0.3 is 15.1 Å². The summed E-state index contributed by atoms with van der Waals surface area (Å²) in [6.45, 7) is 7.62. The Morgan fingerprint density at radius 3 is 2.68 bits per heavy atom. The molecular formula is C25H29F2N7. The number of likely N-dealkylation sites (N-methyl/N-ethyl adjacent to an activating group) is 1. The van der Waals surface area contributed by atoms with E-state index in [4.69, 9.17) is 10.2 Å². The van der Waals surface area contributed by atoms with Gasteiger partial charge in [-0.1, -0.05) is 6.92 Å². The smallest absolute Gasteiger partial charge is 0.157 e. The molecule has 0 saturated carbocycles. The van der Waals surface area contributed by atoms with Crippen molar-refractivity contribution in [2.24, 2.45) is 5.92 Å². The van der Waals surface area contributed by atoms with Gasteiger partial charge >= 0.3 is 0 Å². The molecule has 1 N–H and O–H groups in total. The number of nitrogens with one attached hydrogen (secondary N) is 1. The number of hydrogen-bond acceptors (Lipinski definition) is 7. The summed E-state index contributed by atoms with van der Waals surface area (Å²) in [5, 5.41) is 22.5. The molecule has 4 rings (SSSR count). The summed E-state index contributed by atoms with van der Waals surface area (Å²) >= 11 is 0. The van der Waals surface area contributed by atoms with Crippen LogP contribution in [0, 0.1) is 35.8 Å². The summed E-state index contributed by atoms with van der Waals surface area (Å²) in [5.41, 5.74) is 0.458. The third-order valence-corrected chi connectivity index (χ3v) is 6.75. The summed E-state index contributed by atoms with van der Waals surface area (Å²) in [6.07, 6.45) is 2.86. The van der Waals surface area contributed by atoms with Crippen LogP contribution < -0.4 is 10.2 Å². The molecule has 1 saturated heterocycles. The van der Waals surface area contributed by atoms with E-state index in [-0.39, 0.29) is 11.1 Å². The molecule has 3 aromatic rings. The molecule has 9 heteroatoms. The van der Waals surface area contributed by atoms with Crippen LogP contribution in [0.3, 0.4) is 0 Å². The molecular weight excluding hydrogens is 436 g/mol. The highest BCUT2D eigenvalue weighted by Gasteiger charge is 2.28. The Morgan fingerprint density at radius 1 is 1.21 bits per heavy atom. The second kappa shape index (κ2) is 9.47.